The highest BCUT2D eigenvalue weighted by Gasteiger charge is 2.23. The number of anilines is 1. The summed E-state index contributed by atoms with van der Waals surface area (Å²) in [6.07, 6.45) is 6.11. The smallest absolute Gasteiger partial charge is 0.146 e. The highest BCUT2D eigenvalue weighted by Crippen LogP contribution is 2.32. The first-order valence-corrected chi connectivity index (χ1v) is 7.68. The third-order valence-corrected chi connectivity index (χ3v) is 4.12. The topological polar surface area (TPSA) is 21.3 Å². The van der Waals surface area contributed by atoms with Crippen molar-refractivity contribution in [3.63, 3.8) is 0 Å². The number of hydrogen-bond acceptors (Lipinski definition) is 2. The predicted molar refractivity (Wildman–Crippen MR) is 81.8 cm³/mol. The second kappa shape index (κ2) is 6.96. The van der Waals surface area contributed by atoms with Gasteiger partial charge in [0.05, 0.1) is 12.8 Å². The lowest BCUT2D eigenvalue weighted by Crippen LogP contribution is -2.28. The van der Waals surface area contributed by atoms with Gasteiger partial charge in [-0.05, 0) is 43.2 Å². The van der Waals surface area contributed by atoms with Crippen LogP contribution in [0.5, 0.6) is 5.75 Å². The summed E-state index contributed by atoms with van der Waals surface area (Å²) >= 11 is 0. The predicted octanol–water partition coefficient (Wildman–Crippen LogP) is 4.85. The average Bonchev–Trinajstić information content (AvgIpc) is 2.41. The van der Waals surface area contributed by atoms with E-state index >= 15 is 0 Å². The summed E-state index contributed by atoms with van der Waals surface area (Å²) in [5.41, 5.74) is 0.569. The van der Waals surface area contributed by atoms with Gasteiger partial charge in [-0.15, -0.1) is 0 Å². The monoisotopic (exact) mass is 279 g/mol. The largest absolute Gasteiger partial charge is 0.497 e. The molecule has 1 aliphatic carbocycles. The fraction of sp³-hybridized carbons (Fsp3) is 0.647. The van der Waals surface area contributed by atoms with Crippen LogP contribution in [0.15, 0.2) is 18.2 Å². The molecule has 1 aromatic rings. The maximum Gasteiger partial charge on any atom is 0.146 e. The van der Waals surface area contributed by atoms with Crippen molar-refractivity contribution >= 4 is 5.69 Å². The van der Waals surface area contributed by atoms with Crippen LogP contribution in [-0.2, 0) is 0 Å². The third kappa shape index (κ3) is 4.12. The van der Waals surface area contributed by atoms with Crippen molar-refractivity contribution in [3.8, 4) is 5.75 Å². The molecule has 112 valence electrons. The molecule has 2 rings (SSSR count). The van der Waals surface area contributed by atoms with Gasteiger partial charge in [0.1, 0.15) is 11.6 Å². The van der Waals surface area contributed by atoms with Crippen molar-refractivity contribution < 1.29 is 9.13 Å². The normalized spacial score (nSPS) is 22.9. The number of rotatable bonds is 5. The van der Waals surface area contributed by atoms with Crippen LogP contribution in [-0.4, -0.2) is 13.2 Å². The summed E-state index contributed by atoms with van der Waals surface area (Å²) in [5, 5.41) is 3.37. The molecule has 0 spiro atoms. The molecule has 1 saturated carbocycles. The molecule has 0 radical (unpaired) electrons. The lowest BCUT2D eigenvalue weighted by molar-refractivity contribution is 0.288. The van der Waals surface area contributed by atoms with Crippen LogP contribution in [0.2, 0.25) is 0 Å². The van der Waals surface area contributed by atoms with Crippen LogP contribution in [0.4, 0.5) is 10.1 Å². The Bertz CT molecular complexity index is 433. The van der Waals surface area contributed by atoms with Gasteiger partial charge in [0.2, 0.25) is 0 Å². The maximum absolute atomic E-state index is 13.9. The highest BCUT2D eigenvalue weighted by atomic mass is 19.1. The van der Waals surface area contributed by atoms with Gasteiger partial charge in [-0.2, -0.15) is 0 Å². The van der Waals surface area contributed by atoms with Crippen LogP contribution >= 0.6 is 0 Å². The van der Waals surface area contributed by atoms with Crippen LogP contribution in [0.3, 0.4) is 0 Å². The Hall–Kier alpha value is -1.25. The van der Waals surface area contributed by atoms with E-state index in [0.717, 1.165) is 24.7 Å². The van der Waals surface area contributed by atoms with Crippen LogP contribution in [0, 0.1) is 17.7 Å². The Morgan fingerprint density at radius 1 is 1.35 bits per heavy atom. The lowest BCUT2D eigenvalue weighted by atomic mass is 9.81. The Kier molecular flexibility index (Phi) is 5.27. The standard InChI is InChI=1S/C17H26FNO/c1-12(2)9-13-5-4-6-14(10-13)19-17-11-15(20-3)7-8-16(17)18/h7-8,11-14,19H,4-6,9-10H2,1-3H3. The molecule has 0 heterocycles. The molecule has 0 aromatic heterocycles. The van der Waals surface area contributed by atoms with Gasteiger partial charge < -0.3 is 10.1 Å². The summed E-state index contributed by atoms with van der Waals surface area (Å²) in [5.74, 6) is 2.02. The molecule has 3 heteroatoms. The van der Waals surface area contributed by atoms with E-state index in [-0.39, 0.29) is 5.82 Å². The van der Waals surface area contributed by atoms with Crippen molar-refractivity contribution in [2.24, 2.45) is 11.8 Å². The van der Waals surface area contributed by atoms with Crippen molar-refractivity contribution in [3.05, 3.63) is 24.0 Å². The minimum atomic E-state index is -0.197. The zero-order chi connectivity index (χ0) is 14.5. The number of benzene rings is 1. The van der Waals surface area contributed by atoms with E-state index in [1.165, 1.54) is 25.3 Å². The molecule has 2 unspecified atom stereocenters. The molecule has 0 amide bonds. The third-order valence-electron chi connectivity index (χ3n) is 4.12. The van der Waals surface area contributed by atoms with Crippen LogP contribution < -0.4 is 10.1 Å². The quantitative estimate of drug-likeness (QED) is 0.831. The molecule has 1 aromatic carbocycles. The lowest BCUT2D eigenvalue weighted by Gasteiger charge is -2.31. The minimum absolute atomic E-state index is 0.197. The number of halogens is 1. The van der Waals surface area contributed by atoms with E-state index in [1.54, 1.807) is 19.2 Å². The van der Waals surface area contributed by atoms with Crippen LogP contribution in [0.1, 0.15) is 46.0 Å². The number of methoxy groups -OCH3 is 1. The molecule has 1 N–H and O–H groups in total. The maximum atomic E-state index is 13.9. The van der Waals surface area contributed by atoms with E-state index in [1.807, 2.05) is 0 Å². The molecule has 2 nitrogen and oxygen atoms in total. The Morgan fingerprint density at radius 3 is 2.85 bits per heavy atom. The first-order valence-electron chi connectivity index (χ1n) is 7.68. The van der Waals surface area contributed by atoms with Crippen molar-refractivity contribution in [2.45, 2.75) is 52.0 Å². The van der Waals surface area contributed by atoms with Gasteiger partial charge in [0.15, 0.2) is 0 Å². The van der Waals surface area contributed by atoms with Crippen molar-refractivity contribution in [1.29, 1.82) is 0 Å². The van der Waals surface area contributed by atoms with Gasteiger partial charge in [-0.25, -0.2) is 4.39 Å². The van der Waals surface area contributed by atoms with E-state index in [4.69, 9.17) is 4.74 Å². The number of ether oxygens (including phenoxy) is 1. The van der Waals surface area contributed by atoms with E-state index in [2.05, 4.69) is 19.2 Å². The first kappa shape index (κ1) is 15.1. The number of hydrogen-bond donors (Lipinski definition) is 1. The molecule has 1 aliphatic rings. The van der Waals surface area contributed by atoms with Gasteiger partial charge >= 0.3 is 0 Å². The molecule has 1 fully saturated rings. The van der Waals surface area contributed by atoms with E-state index in [0.29, 0.717) is 17.5 Å². The molecule has 0 saturated heterocycles. The van der Waals surface area contributed by atoms with Gasteiger partial charge in [-0.1, -0.05) is 26.7 Å². The summed E-state index contributed by atoms with van der Waals surface area (Å²) in [7, 11) is 1.61. The zero-order valence-corrected chi connectivity index (χ0v) is 12.8. The Labute approximate surface area is 121 Å². The molecular weight excluding hydrogens is 253 g/mol. The van der Waals surface area contributed by atoms with Gasteiger partial charge in [0, 0.05) is 12.1 Å². The second-order valence-corrected chi connectivity index (χ2v) is 6.35. The average molecular weight is 279 g/mol. The molecule has 2 atom stereocenters. The van der Waals surface area contributed by atoms with E-state index in [9.17, 15) is 4.39 Å². The first-order chi connectivity index (χ1) is 9.58. The fourth-order valence-corrected chi connectivity index (χ4v) is 3.26. The minimum Gasteiger partial charge on any atom is -0.497 e. The van der Waals surface area contributed by atoms with Gasteiger partial charge in [0.25, 0.3) is 0 Å². The van der Waals surface area contributed by atoms with Crippen molar-refractivity contribution in [1.82, 2.24) is 0 Å². The Balaban J connectivity index is 1.98. The summed E-state index contributed by atoms with van der Waals surface area (Å²) < 4.78 is 19.0. The Morgan fingerprint density at radius 2 is 2.15 bits per heavy atom. The fourth-order valence-electron chi connectivity index (χ4n) is 3.26. The van der Waals surface area contributed by atoms with E-state index < -0.39 is 0 Å². The second-order valence-electron chi connectivity index (χ2n) is 6.35. The SMILES string of the molecule is COc1ccc(F)c(NC2CCCC(CC(C)C)C2)c1. The number of nitrogens with one attached hydrogen (secondary N) is 1. The zero-order valence-electron chi connectivity index (χ0n) is 12.8. The highest BCUT2D eigenvalue weighted by molar-refractivity contribution is 5.50. The summed E-state index contributed by atoms with van der Waals surface area (Å²) in [6, 6.07) is 5.26. The molecule has 0 bridgehead atoms. The summed E-state index contributed by atoms with van der Waals surface area (Å²) in [4.78, 5) is 0. The van der Waals surface area contributed by atoms with Gasteiger partial charge in [-0.3, -0.25) is 0 Å². The molecular formula is C17H26FNO. The van der Waals surface area contributed by atoms with Crippen molar-refractivity contribution in [2.75, 3.05) is 12.4 Å². The summed E-state index contributed by atoms with van der Waals surface area (Å²) in [6.45, 7) is 4.55. The molecule has 20 heavy (non-hydrogen) atoms. The molecule has 0 aliphatic heterocycles. The van der Waals surface area contributed by atoms with Crippen LogP contribution in [0.25, 0.3) is 0 Å².